The highest BCUT2D eigenvalue weighted by atomic mass is 16.5. The van der Waals surface area contributed by atoms with E-state index in [1.807, 2.05) is 61.5 Å². The van der Waals surface area contributed by atoms with Crippen molar-refractivity contribution in [2.45, 2.75) is 19.4 Å². The standard InChI is InChI=1S/C21H21NO2/c1-15(12-16-8-4-3-5-9-16)22-21(23)19-13-17-10-6-7-11-18(17)14-20(19)24-2/h3-11,13-15H,12H2,1-2H3,(H,22,23). The van der Waals surface area contributed by atoms with Gasteiger partial charge in [0.15, 0.2) is 0 Å². The molecule has 3 rings (SSSR count). The molecule has 0 radical (unpaired) electrons. The molecule has 0 heterocycles. The number of amides is 1. The van der Waals surface area contributed by atoms with E-state index in [0.717, 1.165) is 17.2 Å². The van der Waals surface area contributed by atoms with E-state index in [1.165, 1.54) is 5.56 Å². The van der Waals surface area contributed by atoms with Gasteiger partial charge >= 0.3 is 0 Å². The molecule has 3 heteroatoms. The van der Waals surface area contributed by atoms with Gasteiger partial charge in [0.1, 0.15) is 5.75 Å². The van der Waals surface area contributed by atoms with Crippen molar-refractivity contribution in [3.63, 3.8) is 0 Å². The van der Waals surface area contributed by atoms with Crippen LogP contribution in [0.25, 0.3) is 10.8 Å². The minimum absolute atomic E-state index is 0.0380. The van der Waals surface area contributed by atoms with Crippen molar-refractivity contribution in [3.05, 3.63) is 77.9 Å². The zero-order valence-electron chi connectivity index (χ0n) is 14.0. The molecule has 0 saturated heterocycles. The highest BCUT2D eigenvalue weighted by molar-refractivity contribution is 6.01. The third-order valence-corrected chi connectivity index (χ3v) is 4.07. The molecule has 0 aliphatic rings. The summed E-state index contributed by atoms with van der Waals surface area (Å²) in [5.74, 6) is 0.485. The average molecular weight is 319 g/mol. The third-order valence-electron chi connectivity index (χ3n) is 4.07. The van der Waals surface area contributed by atoms with Crippen LogP contribution in [0.1, 0.15) is 22.8 Å². The molecule has 0 aliphatic carbocycles. The fourth-order valence-corrected chi connectivity index (χ4v) is 2.89. The van der Waals surface area contributed by atoms with Crippen LogP contribution in [-0.2, 0) is 6.42 Å². The molecule has 1 N–H and O–H groups in total. The summed E-state index contributed by atoms with van der Waals surface area (Å²) in [4.78, 5) is 12.7. The predicted octanol–water partition coefficient (Wildman–Crippen LogP) is 4.21. The van der Waals surface area contributed by atoms with Gasteiger partial charge < -0.3 is 10.1 Å². The van der Waals surface area contributed by atoms with Gasteiger partial charge in [-0.3, -0.25) is 4.79 Å². The van der Waals surface area contributed by atoms with E-state index < -0.39 is 0 Å². The molecule has 1 amide bonds. The number of carbonyl (C=O) groups is 1. The van der Waals surface area contributed by atoms with Crippen molar-refractivity contribution in [2.75, 3.05) is 7.11 Å². The van der Waals surface area contributed by atoms with Crippen LogP contribution < -0.4 is 10.1 Å². The number of rotatable bonds is 5. The Bertz CT molecular complexity index is 843. The lowest BCUT2D eigenvalue weighted by Crippen LogP contribution is -2.34. The van der Waals surface area contributed by atoms with Gasteiger partial charge in [-0.2, -0.15) is 0 Å². The second kappa shape index (κ2) is 7.18. The molecule has 3 nitrogen and oxygen atoms in total. The van der Waals surface area contributed by atoms with Crippen LogP contribution in [-0.4, -0.2) is 19.1 Å². The van der Waals surface area contributed by atoms with Gasteiger partial charge in [-0.25, -0.2) is 0 Å². The van der Waals surface area contributed by atoms with E-state index in [-0.39, 0.29) is 11.9 Å². The molecule has 0 saturated carbocycles. The van der Waals surface area contributed by atoms with Gasteiger partial charge in [0.05, 0.1) is 12.7 Å². The maximum Gasteiger partial charge on any atom is 0.255 e. The van der Waals surface area contributed by atoms with Crippen molar-refractivity contribution in [3.8, 4) is 5.75 Å². The van der Waals surface area contributed by atoms with Crippen LogP contribution in [0.5, 0.6) is 5.75 Å². The minimum Gasteiger partial charge on any atom is -0.496 e. The lowest BCUT2D eigenvalue weighted by molar-refractivity contribution is 0.0937. The number of fused-ring (bicyclic) bond motifs is 1. The Balaban J connectivity index is 1.80. The van der Waals surface area contributed by atoms with E-state index in [9.17, 15) is 4.79 Å². The van der Waals surface area contributed by atoms with Crippen molar-refractivity contribution in [1.29, 1.82) is 0 Å². The second-order valence-corrected chi connectivity index (χ2v) is 5.96. The topological polar surface area (TPSA) is 38.3 Å². The number of carbonyl (C=O) groups excluding carboxylic acids is 1. The summed E-state index contributed by atoms with van der Waals surface area (Å²) in [7, 11) is 1.59. The molecule has 3 aromatic rings. The number of methoxy groups -OCH3 is 1. The lowest BCUT2D eigenvalue weighted by atomic mass is 10.0. The SMILES string of the molecule is COc1cc2ccccc2cc1C(=O)NC(C)Cc1ccccc1. The predicted molar refractivity (Wildman–Crippen MR) is 97.6 cm³/mol. The van der Waals surface area contributed by atoms with E-state index in [4.69, 9.17) is 4.74 Å². The van der Waals surface area contributed by atoms with Crippen LogP contribution in [0.3, 0.4) is 0 Å². The van der Waals surface area contributed by atoms with Gasteiger partial charge in [-0.1, -0.05) is 54.6 Å². The first kappa shape index (κ1) is 16.1. The van der Waals surface area contributed by atoms with E-state index in [2.05, 4.69) is 17.4 Å². The largest absolute Gasteiger partial charge is 0.496 e. The molecule has 3 aromatic carbocycles. The Morgan fingerprint density at radius 1 is 1.00 bits per heavy atom. The molecule has 1 atom stereocenters. The number of benzene rings is 3. The van der Waals surface area contributed by atoms with Crippen LogP contribution in [0.4, 0.5) is 0 Å². The molecular weight excluding hydrogens is 298 g/mol. The van der Waals surface area contributed by atoms with Gasteiger partial charge in [0, 0.05) is 6.04 Å². The summed E-state index contributed by atoms with van der Waals surface area (Å²) in [5, 5.41) is 5.15. The maximum atomic E-state index is 12.7. The van der Waals surface area contributed by atoms with Crippen molar-refractivity contribution in [2.24, 2.45) is 0 Å². The summed E-state index contributed by atoms with van der Waals surface area (Å²) in [6, 6.07) is 21.9. The summed E-state index contributed by atoms with van der Waals surface area (Å²) >= 11 is 0. The van der Waals surface area contributed by atoms with E-state index in [0.29, 0.717) is 11.3 Å². The first-order valence-electron chi connectivity index (χ1n) is 8.09. The Morgan fingerprint density at radius 3 is 2.29 bits per heavy atom. The fourth-order valence-electron chi connectivity index (χ4n) is 2.89. The third kappa shape index (κ3) is 3.57. The van der Waals surface area contributed by atoms with E-state index in [1.54, 1.807) is 7.11 Å². The van der Waals surface area contributed by atoms with E-state index >= 15 is 0 Å². The zero-order chi connectivity index (χ0) is 16.9. The number of hydrogen-bond donors (Lipinski definition) is 1. The number of ether oxygens (including phenoxy) is 1. The first-order valence-corrected chi connectivity index (χ1v) is 8.09. The summed E-state index contributed by atoms with van der Waals surface area (Å²) < 4.78 is 5.41. The summed E-state index contributed by atoms with van der Waals surface area (Å²) in [5.41, 5.74) is 1.77. The minimum atomic E-state index is -0.110. The molecule has 0 fully saturated rings. The monoisotopic (exact) mass is 319 g/mol. The molecule has 1 unspecified atom stereocenters. The molecular formula is C21H21NO2. The summed E-state index contributed by atoms with van der Waals surface area (Å²) in [6.07, 6.45) is 0.794. The van der Waals surface area contributed by atoms with Crippen LogP contribution in [0, 0.1) is 0 Å². The average Bonchev–Trinajstić information content (AvgIpc) is 2.61. The van der Waals surface area contributed by atoms with Crippen LogP contribution >= 0.6 is 0 Å². The van der Waals surface area contributed by atoms with Gasteiger partial charge in [0.2, 0.25) is 0 Å². The van der Waals surface area contributed by atoms with Crippen LogP contribution in [0.15, 0.2) is 66.7 Å². The number of hydrogen-bond acceptors (Lipinski definition) is 2. The molecule has 0 spiro atoms. The van der Waals surface area contributed by atoms with Crippen LogP contribution in [0.2, 0.25) is 0 Å². The Kier molecular flexibility index (Phi) is 4.80. The number of nitrogens with one attached hydrogen (secondary N) is 1. The van der Waals surface area contributed by atoms with Crippen molar-refractivity contribution in [1.82, 2.24) is 5.32 Å². The molecule has 0 aliphatic heterocycles. The highest BCUT2D eigenvalue weighted by Gasteiger charge is 2.16. The summed E-state index contributed by atoms with van der Waals surface area (Å²) in [6.45, 7) is 2.01. The molecule has 122 valence electrons. The maximum absolute atomic E-state index is 12.7. The molecule has 0 bridgehead atoms. The first-order chi connectivity index (χ1) is 11.7. The lowest BCUT2D eigenvalue weighted by Gasteiger charge is -2.16. The second-order valence-electron chi connectivity index (χ2n) is 5.96. The molecule has 24 heavy (non-hydrogen) atoms. The quantitative estimate of drug-likeness (QED) is 0.765. The smallest absolute Gasteiger partial charge is 0.255 e. The Morgan fingerprint density at radius 2 is 1.62 bits per heavy atom. The highest BCUT2D eigenvalue weighted by Crippen LogP contribution is 2.26. The normalized spacial score (nSPS) is 11.9. The van der Waals surface area contributed by atoms with Gasteiger partial charge in [-0.15, -0.1) is 0 Å². The van der Waals surface area contributed by atoms with Gasteiger partial charge in [-0.05, 0) is 41.8 Å². The fraction of sp³-hybridized carbons (Fsp3) is 0.190. The van der Waals surface area contributed by atoms with Crippen molar-refractivity contribution < 1.29 is 9.53 Å². The van der Waals surface area contributed by atoms with Gasteiger partial charge in [0.25, 0.3) is 5.91 Å². The molecule has 0 aromatic heterocycles. The van der Waals surface area contributed by atoms with Crippen molar-refractivity contribution >= 4 is 16.7 Å². The Labute approximate surface area is 142 Å². The zero-order valence-corrected chi connectivity index (χ0v) is 14.0. The Hall–Kier alpha value is -2.81.